The number of nitrogens with zero attached hydrogens (tertiary/aromatic N) is 2. The molecule has 4 nitrogen and oxygen atoms in total. The molecule has 1 saturated carbocycles. The Balaban J connectivity index is 1.63. The van der Waals surface area contributed by atoms with Crippen molar-refractivity contribution < 1.29 is 4.79 Å². The summed E-state index contributed by atoms with van der Waals surface area (Å²) < 4.78 is 0. The molecule has 0 radical (unpaired) electrons. The Morgan fingerprint density at radius 3 is 2.96 bits per heavy atom. The lowest BCUT2D eigenvalue weighted by molar-refractivity contribution is -0.113. The van der Waals surface area contributed by atoms with E-state index in [1.54, 1.807) is 29.5 Å². The molecule has 2 aliphatic rings. The molecule has 1 aromatic carbocycles. The van der Waals surface area contributed by atoms with Gasteiger partial charge in [0.25, 0.3) is 5.91 Å². The summed E-state index contributed by atoms with van der Waals surface area (Å²) in [5, 5.41) is 7.13. The lowest BCUT2D eigenvalue weighted by atomic mass is 10.2. The van der Waals surface area contributed by atoms with Crippen LogP contribution in [0.25, 0.3) is 6.08 Å². The molecule has 4 rings (SSSR count). The standard InChI is InChI=1S/C17H14ClN3OS2/c1-9-6-11(18)4-5-14(9)21-16(22)13(20-17(21)23)7-12-8-24-15(19-12)10-2-3-10/h4-8,10H,2-3H2,1H3,(H,20,23)/b13-7-. The molecule has 122 valence electrons. The number of aryl methyl sites for hydroxylation is 1. The molecule has 0 atom stereocenters. The lowest BCUT2D eigenvalue weighted by Crippen LogP contribution is -2.30. The van der Waals surface area contributed by atoms with Crippen molar-refractivity contribution in [3.63, 3.8) is 0 Å². The normalized spacial score (nSPS) is 19.2. The van der Waals surface area contributed by atoms with Crippen LogP contribution in [-0.4, -0.2) is 16.0 Å². The lowest BCUT2D eigenvalue weighted by Gasteiger charge is -2.16. The Bertz CT molecular complexity index is 886. The van der Waals surface area contributed by atoms with Crippen LogP contribution in [0, 0.1) is 6.92 Å². The first-order valence-corrected chi connectivity index (χ1v) is 9.28. The summed E-state index contributed by atoms with van der Waals surface area (Å²) in [4.78, 5) is 18.9. The van der Waals surface area contributed by atoms with Gasteiger partial charge in [0.05, 0.1) is 16.4 Å². The van der Waals surface area contributed by atoms with Gasteiger partial charge in [0.15, 0.2) is 5.11 Å². The summed E-state index contributed by atoms with van der Waals surface area (Å²) in [7, 11) is 0. The third-order valence-corrected chi connectivity index (χ3v) is 5.58. The van der Waals surface area contributed by atoms with Gasteiger partial charge in [-0.1, -0.05) is 11.6 Å². The minimum atomic E-state index is -0.175. The van der Waals surface area contributed by atoms with Crippen molar-refractivity contribution in [2.45, 2.75) is 25.7 Å². The first-order chi connectivity index (χ1) is 11.5. The van der Waals surface area contributed by atoms with Crippen molar-refractivity contribution in [1.82, 2.24) is 10.3 Å². The van der Waals surface area contributed by atoms with Crippen LogP contribution in [0.15, 0.2) is 29.3 Å². The highest BCUT2D eigenvalue weighted by Gasteiger charge is 2.33. The Kier molecular flexibility index (Phi) is 3.90. The van der Waals surface area contributed by atoms with E-state index in [2.05, 4.69) is 10.3 Å². The fraction of sp³-hybridized carbons (Fsp3) is 0.235. The van der Waals surface area contributed by atoms with Crippen molar-refractivity contribution in [2.75, 3.05) is 4.90 Å². The van der Waals surface area contributed by atoms with Gasteiger partial charge >= 0.3 is 0 Å². The number of nitrogens with one attached hydrogen (secondary N) is 1. The number of rotatable bonds is 3. The van der Waals surface area contributed by atoms with Gasteiger partial charge in [-0.25, -0.2) is 4.98 Å². The summed E-state index contributed by atoms with van der Waals surface area (Å²) in [6.07, 6.45) is 4.20. The van der Waals surface area contributed by atoms with Crippen molar-refractivity contribution in [3.05, 3.63) is 50.6 Å². The predicted molar refractivity (Wildman–Crippen MR) is 101 cm³/mol. The predicted octanol–water partition coefficient (Wildman–Crippen LogP) is 4.24. The Labute approximate surface area is 154 Å². The van der Waals surface area contributed by atoms with Crippen LogP contribution in [0.5, 0.6) is 0 Å². The maximum atomic E-state index is 12.8. The van der Waals surface area contributed by atoms with E-state index in [0.29, 0.717) is 21.8 Å². The topological polar surface area (TPSA) is 45.2 Å². The highest BCUT2D eigenvalue weighted by atomic mass is 35.5. The molecule has 7 heteroatoms. The molecule has 2 aromatic rings. The molecular formula is C17H14ClN3OS2. The number of halogens is 1. The van der Waals surface area contributed by atoms with E-state index in [4.69, 9.17) is 23.8 Å². The second-order valence-electron chi connectivity index (χ2n) is 5.94. The molecule has 1 aliphatic heterocycles. The van der Waals surface area contributed by atoms with E-state index in [0.717, 1.165) is 22.0 Å². The highest BCUT2D eigenvalue weighted by molar-refractivity contribution is 7.80. The number of anilines is 1. The van der Waals surface area contributed by atoms with E-state index in [1.807, 2.05) is 18.4 Å². The molecular weight excluding hydrogens is 362 g/mol. The molecule has 0 unspecified atom stereocenters. The van der Waals surface area contributed by atoms with Crippen molar-refractivity contribution in [1.29, 1.82) is 0 Å². The molecule has 1 amide bonds. The average molecular weight is 376 g/mol. The maximum Gasteiger partial charge on any atom is 0.281 e. The zero-order chi connectivity index (χ0) is 16.8. The number of thiocarbonyl (C=S) groups is 1. The monoisotopic (exact) mass is 375 g/mol. The van der Waals surface area contributed by atoms with Gasteiger partial charge in [0, 0.05) is 16.3 Å². The summed E-state index contributed by atoms with van der Waals surface area (Å²) in [6, 6.07) is 5.38. The van der Waals surface area contributed by atoms with E-state index >= 15 is 0 Å². The minimum absolute atomic E-state index is 0.175. The van der Waals surface area contributed by atoms with Crippen LogP contribution in [0.3, 0.4) is 0 Å². The van der Waals surface area contributed by atoms with Crippen molar-refractivity contribution in [3.8, 4) is 0 Å². The van der Waals surface area contributed by atoms with Gasteiger partial charge in [0.1, 0.15) is 5.70 Å². The molecule has 1 aliphatic carbocycles. The number of hydrogen-bond donors (Lipinski definition) is 1. The van der Waals surface area contributed by atoms with Gasteiger partial charge in [-0.05, 0) is 61.8 Å². The number of aromatic nitrogens is 1. The largest absolute Gasteiger partial charge is 0.327 e. The van der Waals surface area contributed by atoms with E-state index in [-0.39, 0.29) is 5.91 Å². The Hall–Kier alpha value is -1.76. The van der Waals surface area contributed by atoms with Crippen LogP contribution in [0.1, 0.15) is 35.0 Å². The third kappa shape index (κ3) is 2.85. The number of amides is 1. The van der Waals surface area contributed by atoms with E-state index < -0.39 is 0 Å². The summed E-state index contributed by atoms with van der Waals surface area (Å²) in [5.41, 5.74) is 2.88. The smallest absolute Gasteiger partial charge is 0.281 e. The molecule has 1 saturated heterocycles. The minimum Gasteiger partial charge on any atom is -0.327 e. The zero-order valence-electron chi connectivity index (χ0n) is 12.9. The molecule has 0 bridgehead atoms. The van der Waals surface area contributed by atoms with Gasteiger partial charge in [-0.2, -0.15) is 0 Å². The average Bonchev–Trinajstić information content (AvgIpc) is 3.22. The second kappa shape index (κ2) is 5.95. The third-order valence-electron chi connectivity index (χ3n) is 4.04. The fourth-order valence-corrected chi connectivity index (χ4v) is 4.12. The van der Waals surface area contributed by atoms with Gasteiger partial charge < -0.3 is 5.32 Å². The Morgan fingerprint density at radius 2 is 2.25 bits per heavy atom. The van der Waals surface area contributed by atoms with Gasteiger partial charge in [0.2, 0.25) is 0 Å². The highest BCUT2D eigenvalue weighted by Crippen LogP contribution is 2.41. The number of benzene rings is 1. The molecule has 24 heavy (non-hydrogen) atoms. The number of carbonyl (C=O) groups is 1. The van der Waals surface area contributed by atoms with Crippen LogP contribution >= 0.6 is 35.2 Å². The van der Waals surface area contributed by atoms with Crippen LogP contribution < -0.4 is 10.2 Å². The second-order valence-corrected chi connectivity index (χ2v) is 7.66. The summed E-state index contributed by atoms with van der Waals surface area (Å²) in [5.74, 6) is 0.440. The number of hydrogen-bond acceptors (Lipinski definition) is 4. The maximum absolute atomic E-state index is 12.8. The van der Waals surface area contributed by atoms with E-state index in [1.165, 1.54) is 17.7 Å². The van der Waals surface area contributed by atoms with Crippen LogP contribution in [-0.2, 0) is 4.79 Å². The first kappa shape index (κ1) is 15.7. The van der Waals surface area contributed by atoms with Crippen molar-refractivity contribution in [2.24, 2.45) is 0 Å². The summed E-state index contributed by atoms with van der Waals surface area (Å²) >= 11 is 13.0. The molecule has 0 spiro atoms. The quantitative estimate of drug-likeness (QED) is 0.643. The fourth-order valence-electron chi connectivity index (χ4n) is 2.66. The molecule has 2 fully saturated rings. The van der Waals surface area contributed by atoms with Crippen LogP contribution in [0.4, 0.5) is 5.69 Å². The molecule has 2 heterocycles. The van der Waals surface area contributed by atoms with Gasteiger partial charge in [-0.15, -0.1) is 11.3 Å². The Morgan fingerprint density at radius 1 is 1.46 bits per heavy atom. The first-order valence-electron chi connectivity index (χ1n) is 7.61. The molecule has 1 aromatic heterocycles. The molecule has 1 N–H and O–H groups in total. The number of carbonyl (C=O) groups excluding carboxylic acids is 1. The van der Waals surface area contributed by atoms with Crippen molar-refractivity contribution >= 4 is 57.9 Å². The SMILES string of the molecule is Cc1cc(Cl)ccc1N1C(=O)/C(=C/c2csc(C3CC3)n2)NC1=S. The van der Waals surface area contributed by atoms with E-state index in [9.17, 15) is 4.79 Å². The number of thiazole rings is 1. The van der Waals surface area contributed by atoms with Gasteiger partial charge in [-0.3, -0.25) is 9.69 Å². The van der Waals surface area contributed by atoms with Crippen LogP contribution in [0.2, 0.25) is 5.02 Å². The summed E-state index contributed by atoms with van der Waals surface area (Å²) in [6.45, 7) is 1.90. The zero-order valence-corrected chi connectivity index (χ0v) is 15.3.